The van der Waals surface area contributed by atoms with Crippen LogP contribution in [0.3, 0.4) is 0 Å². The van der Waals surface area contributed by atoms with Crippen molar-refractivity contribution in [2.45, 2.75) is 60.9 Å². The van der Waals surface area contributed by atoms with E-state index in [0.29, 0.717) is 21.7 Å². The third kappa shape index (κ3) is 16.9. The predicted molar refractivity (Wildman–Crippen MR) is 232 cm³/mol. The summed E-state index contributed by atoms with van der Waals surface area (Å²) in [6.45, 7) is -0.647. The maximum absolute atomic E-state index is 14.1. The number of amides is 6. The summed E-state index contributed by atoms with van der Waals surface area (Å²) in [5.41, 5.74) is 7.45. The number of likely N-dealkylation sites (N-methyl/N-ethyl adjacent to an activating group) is 1. The minimum atomic E-state index is -1.48. The van der Waals surface area contributed by atoms with E-state index >= 15 is 0 Å². The molecule has 63 heavy (non-hydrogen) atoms. The Bertz CT molecular complexity index is 2190. The molecule has 6 amide bonds. The average Bonchev–Trinajstić information content (AvgIpc) is 3.27. The summed E-state index contributed by atoms with van der Waals surface area (Å²) >= 11 is 0. The van der Waals surface area contributed by atoms with Crippen LogP contribution in [-0.2, 0) is 52.8 Å². The van der Waals surface area contributed by atoms with Crippen LogP contribution in [0.1, 0.15) is 23.1 Å². The Morgan fingerprint density at radius 3 is 1.60 bits per heavy atom. The lowest BCUT2D eigenvalue weighted by molar-refractivity contribution is -0.385. The topological polar surface area (TPSA) is 297 Å². The third-order valence-electron chi connectivity index (χ3n) is 9.20. The van der Waals surface area contributed by atoms with Crippen molar-refractivity contribution in [3.05, 3.63) is 136 Å². The highest BCUT2D eigenvalue weighted by Gasteiger charge is 2.31. The van der Waals surface area contributed by atoms with Gasteiger partial charge in [0.25, 0.3) is 5.69 Å². The second-order valence-corrected chi connectivity index (χ2v) is 16.3. The standard InChI is InChI=1S/C42H47N9O10S2/c1-44-31(22-37(53)54)40(57)49-32(20-27-13-7-3-8-14-27)39(56)46-24-35(52)47-33(21-28-15-9-4-10-16-28)41(58)50-34(25-62-63-36-18-17-29(23-45-36)51(60)61)42(59)48-30(38(43)55)19-26-11-5-2-6-12-26/h2-18,23,30-34,44H,19-22,24-25H2,1H3,(H2,43,55)(H,46,56)(H,47,52)(H,48,59)(H,49,57)(H,50,58)(H,53,54)/p-1/t30-,31-,32?,33-,34-/m0/s1. The molecule has 332 valence electrons. The Balaban J connectivity index is 1.51. The average molecular weight is 901 g/mol. The highest BCUT2D eigenvalue weighted by molar-refractivity contribution is 8.76. The van der Waals surface area contributed by atoms with E-state index < -0.39 is 89.5 Å². The van der Waals surface area contributed by atoms with E-state index in [1.54, 1.807) is 91.0 Å². The van der Waals surface area contributed by atoms with Crippen LogP contribution in [0.4, 0.5) is 5.69 Å². The molecule has 1 aromatic heterocycles. The van der Waals surface area contributed by atoms with Crippen molar-refractivity contribution < 1.29 is 43.6 Å². The van der Waals surface area contributed by atoms with Crippen LogP contribution in [0.15, 0.2) is 114 Å². The van der Waals surface area contributed by atoms with E-state index in [-0.39, 0.29) is 30.7 Å². The molecular weight excluding hydrogens is 855 g/mol. The fraction of sp³-hybridized carbons (Fsp3) is 0.286. The lowest BCUT2D eigenvalue weighted by atomic mass is 10.0. The van der Waals surface area contributed by atoms with Crippen molar-refractivity contribution in [2.75, 3.05) is 19.3 Å². The Morgan fingerprint density at radius 1 is 0.651 bits per heavy atom. The van der Waals surface area contributed by atoms with Crippen molar-refractivity contribution in [2.24, 2.45) is 5.73 Å². The van der Waals surface area contributed by atoms with Gasteiger partial charge >= 0.3 is 0 Å². The van der Waals surface area contributed by atoms with Crippen LogP contribution >= 0.6 is 21.6 Å². The number of pyridine rings is 1. The molecule has 1 unspecified atom stereocenters. The van der Waals surface area contributed by atoms with Gasteiger partial charge in [-0.1, -0.05) is 102 Å². The Labute approximate surface area is 370 Å². The number of aromatic nitrogens is 1. The lowest BCUT2D eigenvalue weighted by Gasteiger charge is -2.25. The SMILES string of the molecule is CN[C@@H](CC(=O)[O-])C(=O)NC(Cc1ccccc1)C(=O)NCC(=O)N[C@@H](Cc1ccccc1)C(=O)N[C@@H](CSSc1ccc([N+](=O)[O-])cn1)C(=O)N[C@@H](Cc1ccccc1)C(N)=O. The fourth-order valence-electron chi connectivity index (χ4n) is 5.91. The quantitative estimate of drug-likeness (QED) is 0.0256. The number of nitrogens with two attached hydrogens (primary N) is 1. The summed E-state index contributed by atoms with van der Waals surface area (Å²) < 4.78 is 0. The molecule has 0 aliphatic carbocycles. The Kier molecular flexibility index (Phi) is 19.5. The van der Waals surface area contributed by atoms with Crippen LogP contribution in [0.25, 0.3) is 0 Å². The zero-order valence-electron chi connectivity index (χ0n) is 33.9. The van der Waals surface area contributed by atoms with Gasteiger partial charge in [-0.05, 0) is 40.6 Å². The molecule has 4 aromatic rings. The van der Waals surface area contributed by atoms with Crippen LogP contribution in [0, 0.1) is 10.1 Å². The normalized spacial score (nSPS) is 13.2. The van der Waals surface area contributed by atoms with Gasteiger partial charge < -0.3 is 47.5 Å². The van der Waals surface area contributed by atoms with Crippen molar-refractivity contribution in [3.8, 4) is 0 Å². The number of hydrogen-bond acceptors (Lipinski definition) is 14. The molecule has 1 heterocycles. The molecule has 0 fully saturated rings. The number of carbonyl (C=O) groups is 7. The van der Waals surface area contributed by atoms with E-state index in [4.69, 9.17) is 5.73 Å². The number of primary amides is 1. The van der Waals surface area contributed by atoms with E-state index in [1.165, 1.54) is 19.2 Å². The van der Waals surface area contributed by atoms with Crippen LogP contribution < -0.4 is 42.7 Å². The van der Waals surface area contributed by atoms with E-state index in [0.717, 1.165) is 27.8 Å². The summed E-state index contributed by atoms with van der Waals surface area (Å²) in [7, 11) is 3.54. The minimum absolute atomic E-state index is 0.0111. The number of hydrogen-bond donors (Lipinski definition) is 7. The van der Waals surface area contributed by atoms with Crippen LogP contribution in [-0.4, -0.2) is 101 Å². The van der Waals surface area contributed by atoms with Gasteiger partial charge in [-0.2, -0.15) is 0 Å². The number of nitrogens with zero attached hydrogens (tertiary/aromatic N) is 2. The maximum Gasteiger partial charge on any atom is 0.287 e. The summed E-state index contributed by atoms with van der Waals surface area (Å²) in [4.78, 5) is 106. The number of benzene rings is 3. The summed E-state index contributed by atoms with van der Waals surface area (Å²) in [6.07, 6.45) is 0.411. The first-order valence-corrected chi connectivity index (χ1v) is 21.7. The highest BCUT2D eigenvalue weighted by atomic mass is 33.1. The summed E-state index contributed by atoms with van der Waals surface area (Å²) in [5, 5.41) is 38.2. The van der Waals surface area contributed by atoms with Gasteiger partial charge in [0.05, 0.1) is 17.5 Å². The molecule has 0 aliphatic heterocycles. The van der Waals surface area contributed by atoms with Crippen LogP contribution in [0.2, 0.25) is 0 Å². The lowest BCUT2D eigenvalue weighted by Crippen LogP contribution is -2.58. The van der Waals surface area contributed by atoms with Gasteiger partial charge in [-0.25, -0.2) is 4.98 Å². The molecule has 0 saturated carbocycles. The second-order valence-electron chi connectivity index (χ2n) is 13.9. The fourth-order valence-corrected chi connectivity index (χ4v) is 7.96. The molecule has 0 bridgehead atoms. The van der Waals surface area contributed by atoms with Gasteiger partial charge in [0.1, 0.15) is 35.4 Å². The van der Waals surface area contributed by atoms with Gasteiger partial charge in [0, 0.05) is 43.5 Å². The second kappa shape index (κ2) is 25.2. The maximum atomic E-state index is 14.1. The third-order valence-corrected chi connectivity index (χ3v) is 11.5. The van der Waals surface area contributed by atoms with Crippen molar-refractivity contribution >= 4 is 68.7 Å². The van der Waals surface area contributed by atoms with Crippen LogP contribution in [0.5, 0.6) is 0 Å². The zero-order chi connectivity index (χ0) is 45.7. The van der Waals surface area contributed by atoms with Crippen molar-refractivity contribution in [1.29, 1.82) is 0 Å². The molecule has 0 spiro atoms. The molecule has 0 saturated heterocycles. The number of carbonyl (C=O) groups excluding carboxylic acids is 7. The molecule has 5 atom stereocenters. The summed E-state index contributed by atoms with van der Waals surface area (Å²) in [5.74, 6) is -6.34. The number of nitrogens with one attached hydrogen (secondary N) is 6. The summed E-state index contributed by atoms with van der Waals surface area (Å²) in [6, 6.07) is 22.6. The van der Waals surface area contributed by atoms with Gasteiger partial charge in [-0.15, -0.1) is 0 Å². The first-order valence-electron chi connectivity index (χ1n) is 19.4. The Morgan fingerprint density at radius 2 is 1.13 bits per heavy atom. The molecule has 0 aliphatic rings. The largest absolute Gasteiger partial charge is 0.550 e. The number of nitro groups is 1. The molecule has 8 N–H and O–H groups in total. The molecule has 19 nitrogen and oxygen atoms in total. The molecule has 21 heteroatoms. The van der Waals surface area contributed by atoms with E-state index in [1.807, 2.05) is 0 Å². The smallest absolute Gasteiger partial charge is 0.287 e. The molecule has 0 radical (unpaired) electrons. The first kappa shape index (κ1) is 48.8. The first-order chi connectivity index (χ1) is 30.2. The zero-order valence-corrected chi connectivity index (χ0v) is 35.5. The number of carboxylic acid groups (broad SMARTS) is 1. The number of carboxylic acids is 1. The van der Waals surface area contributed by atoms with Gasteiger partial charge in [0.2, 0.25) is 35.4 Å². The van der Waals surface area contributed by atoms with Crippen molar-refractivity contribution in [3.63, 3.8) is 0 Å². The Hall–Kier alpha value is -6.84. The van der Waals surface area contributed by atoms with Gasteiger partial charge in [0.15, 0.2) is 0 Å². The number of rotatable bonds is 25. The monoisotopic (exact) mass is 900 g/mol. The highest BCUT2D eigenvalue weighted by Crippen LogP contribution is 2.30. The molecular formula is C42H46N9O10S2-. The van der Waals surface area contributed by atoms with Gasteiger partial charge in [-0.3, -0.25) is 38.9 Å². The van der Waals surface area contributed by atoms with E-state index in [9.17, 15) is 48.8 Å². The van der Waals surface area contributed by atoms with Crippen molar-refractivity contribution in [1.82, 2.24) is 36.9 Å². The van der Waals surface area contributed by atoms with E-state index in [2.05, 4.69) is 36.9 Å². The minimum Gasteiger partial charge on any atom is -0.550 e. The molecule has 4 rings (SSSR count). The number of aliphatic carboxylic acids is 1. The predicted octanol–water partition coefficient (Wildman–Crippen LogP) is -0.273. The molecule has 3 aromatic carbocycles.